The first-order valence-electron chi connectivity index (χ1n) is 9.51. The third-order valence-electron chi connectivity index (χ3n) is 5.02. The summed E-state index contributed by atoms with van der Waals surface area (Å²) in [7, 11) is -3.91. The number of amides is 1. The van der Waals surface area contributed by atoms with Crippen LogP contribution in [0.2, 0.25) is 5.02 Å². The third kappa shape index (κ3) is 4.67. The first kappa shape index (κ1) is 20.7. The number of benzene rings is 2. The second-order valence-electron chi connectivity index (χ2n) is 7.05. The number of nitrogens with zero attached hydrogens (tertiary/aromatic N) is 2. The van der Waals surface area contributed by atoms with Crippen LogP contribution in [-0.4, -0.2) is 38.9 Å². The van der Waals surface area contributed by atoms with Gasteiger partial charge in [-0.05, 0) is 55.7 Å². The van der Waals surface area contributed by atoms with E-state index in [1.807, 2.05) is 19.1 Å². The molecule has 3 rings (SSSR count). The number of carbonyl (C=O) groups excluding carboxylic acids is 1. The minimum absolute atomic E-state index is 0.115. The molecule has 5 nitrogen and oxygen atoms in total. The minimum Gasteiger partial charge on any atom is -0.341 e. The fourth-order valence-electron chi connectivity index (χ4n) is 3.42. The minimum atomic E-state index is -3.91. The van der Waals surface area contributed by atoms with Crippen molar-refractivity contribution < 1.29 is 13.2 Å². The molecule has 2 aromatic carbocycles. The van der Waals surface area contributed by atoms with Gasteiger partial charge in [-0.25, -0.2) is 8.42 Å². The van der Waals surface area contributed by atoms with Crippen molar-refractivity contribution in [2.75, 3.05) is 23.9 Å². The largest absolute Gasteiger partial charge is 0.341 e. The van der Waals surface area contributed by atoms with Gasteiger partial charge in [0.15, 0.2) is 0 Å². The molecule has 0 spiro atoms. The zero-order chi connectivity index (χ0) is 20.1. The Morgan fingerprint density at radius 1 is 1.00 bits per heavy atom. The van der Waals surface area contributed by atoms with Gasteiger partial charge in [0.25, 0.3) is 10.0 Å². The summed E-state index contributed by atoms with van der Waals surface area (Å²) in [4.78, 5) is 14.9. The molecular weight excluding hydrogens is 396 g/mol. The molecule has 1 amide bonds. The number of halogens is 1. The Morgan fingerprint density at radius 3 is 2.21 bits per heavy atom. The maximum absolute atomic E-state index is 13.4. The van der Waals surface area contributed by atoms with Crippen molar-refractivity contribution in [1.29, 1.82) is 0 Å². The van der Waals surface area contributed by atoms with Crippen LogP contribution in [0.3, 0.4) is 0 Å². The van der Waals surface area contributed by atoms with E-state index in [0.717, 1.165) is 31.2 Å². The lowest BCUT2D eigenvalue weighted by Gasteiger charge is -2.28. The quantitative estimate of drug-likeness (QED) is 0.726. The van der Waals surface area contributed by atoms with Gasteiger partial charge in [-0.2, -0.15) is 0 Å². The smallest absolute Gasteiger partial charge is 0.264 e. The highest BCUT2D eigenvalue weighted by molar-refractivity contribution is 7.92. The van der Waals surface area contributed by atoms with Crippen molar-refractivity contribution in [1.82, 2.24) is 4.90 Å². The van der Waals surface area contributed by atoms with Gasteiger partial charge in [-0.3, -0.25) is 9.10 Å². The number of para-hydroxylation sites is 1. The predicted octanol–water partition coefficient (Wildman–Crippen LogP) is 4.25. The summed E-state index contributed by atoms with van der Waals surface area (Å²) < 4.78 is 28.0. The zero-order valence-electron chi connectivity index (χ0n) is 16.0. The number of hydrogen-bond donors (Lipinski definition) is 0. The van der Waals surface area contributed by atoms with Crippen molar-refractivity contribution in [3.8, 4) is 0 Å². The molecular formula is C21H25ClN2O3S. The van der Waals surface area contributed by atoms with E-state index in [0.29, 0.717) is 23.8 Å². The van der Waals surface area contributed by atoms with Gasteiger partial charge >= 0.3 is 0 Å². The summed E-state index contributed by atoms with van der Waals surface area (Å²) in [6.45, 7) is 2.99. The monoisotopic (exact) mass is 420 g/mol. The lowest BCUT2D eigenvalue weighted by molar-refractivity contribution is -0.129. The van der Waals surface area contributed by atoms with Gasteiger partial charge in [0, 0.05) is 18.1 Å². The summed E-state index contributed by atoms with van der Waals surface area (Å²) in [5, 5.41) is 0.460. The van der Waals surface area contributed by atoms with Crippen LogP contribution < -0.4 is 4.31 Å². The maximum atomic E-state index is 13.4. The molecule has 0 saturated carbocycles. The Labute approximate surface area is 172 Å². The fraction of sp³-hybridized carbons (Fsp3) is 0.381. The number of likely N-dealkylation sites (tertiary alicyclic amines) is 1. The lowest BCUT2D eigenvalue weighted by atomic mass is 10.2. The molecule has 1 heterocycles. The SMILES string of the molecule is Cc1ccccc1N(CC(=O)N1CCCCCC1)S(=O)(=O)c1ccc(Cl)cc1. The highest BCUT2D eigenvalue weighted by Gasteiger charge is 2.30. The number of anilines is 1. The molecule has 1 aliphatic heterocycles. The van der Waals surface area contributed by atoms with Crippen LogP contribution in [-0.2, 0) is 14.8 Å². The molecule has 0 radical (unpaired) electrons. The van der Waals surface area contributed by atoms with Gasteiger partial charge in [-0.1, -0.05) is 42.6 Å². The zero-order valence-corrected chi connectivity index (χ0v) is 17.5. The van der Waals surface area contributed by atoms with E-state index >= 15 is 0 Å². The standard InChI is InChI=1S/C21H25ClN2O3S/c1-17-8-4-5-9-20(17)24(16-21(25)23-14-6-2-3-7-15-23)28(26,27)19-12-10-18(22)11-13-19/h4-5,8-13H,2-3,6-7,14-16H2,1H3. The Bertz CT molecular complexity index is 921. The van der Waals surface area contributed by atoms with Crippen LogP contribution in [0.1, 0.15) is 31.2 Å². The average Bonchev–Trinajstić information content (AvgIpc) is 2.96. The van der Waals surface area contributed by atoms with E-state index in [4.69, 9.17) is 11.6 Å². The van der Waals surface area contributed by atoms with Crippen molar-refractivity contribution in [3.63, 3.8) is 0 Å². The molecule has 7 heteroatoms. The summed E-state index contributed by atoms with van der Waals surface area (Å²) in [6, 6.07) is 13.2. The average molecular weight is 421 g/mol. The van der Waals surface area contributed by atoms with Crippen molar-refractivity contribution in [2.24, 2.45) is 0 Å². The second-order valence-corrected chi connectivity index (χ2v) is 9.35. The molecule has 0 unspecified atom stereocenters. The van der Waals surface area contributed by atoms with Crippen LogP contribution in [0.15, 0.2) is 53.4 Å². The molecule has 150 valence electrons. The number of sulfonamides is 1. The summed E-state index contributed by atoms with van der Waals surface area (Å²) in [6.07, 6.45) is 4.13. The molecule has 1 fully saturated rings. The van der Waals surface area contributed by atoms with Crippen molar-refractivity contribution in [2.45, 2.75) is 37.5 Å². The lowest BCUT2D eigenvalue weighted by Crippen LogP contribution is -2.43. The summed E-state index contributed by atoms with van der Waals surface area (Å²) in [5.74, 6) is -0.164. The summed E-state index contributed by atoms with van der Waals surface area (Å²) in [5.41, 5.74) is 1.31. The molecule has 0 atom stereocenters. The van der Waals surface area contributed by atoms with E-state index in [2.05, 4.69) is 0 Å². The normalized spacial score (nSPS) is 15.1. The van der Waals surface area contributed by atoms with E-state index in [1.54, 1.807) is 29.2 Å². The first-order valence-corrected chi connectivity index (χ1v) is 11.3. The van der Waals surface area contributed by atoms with Gasteiger partial charge in [0.2, 0.25) is 5.91 Å². The number of aryl methyl sites for hydroxylation is 1. The first-order chi connectivity index (χ1) is 13.4. The summed E-state index contributed by atoms with van der Waals surface area (Å²) >= 11 is 5.92. The van der Waals surface area contributed by atoms with E-state index < -0.39 is 10.0 Å². The topological polar surface area (TPSA) is 57.7 Å². The molecule has 0 aromatic heterocycles. The fourth-order valence-corrected chi connectivity index (χ4v) is 5.02. The van der Waals surface area contributed by atoms with Crippen LogP contribution >= 0.6 is 11.6 Å². The highest BCUT2D eigenvalue weighted by atomic mass is 35.5. The highest BCUT2D eigenvalue weighted by Crippen LogP contribution is 2.27. The predicted molar refractivity (Wildman–Crippen MR) is 112 cm³/mol. The van der Waals surface area contributed by atoms with Gasteiger partial charge in [-0.15, -0.1) is 0 Å². The van der Waals surface area contributed by atoms with Crippen LogP contribution in [0.5, 0.6) is 0 Å². The van der Waals surface area contributed by atoms with Crippen molar-refractivity contribution >= 4 is 33.2 Å². The van der Waals surface area contributed by atoms with Crippen LogP contribution in [0.25, 0.3) is 0 Å². The van der Waals surface area contributed by atoms with E-state index in [9.17, 15) is 13.2 Å². The maximum Gasteiger partial charge on any atom is 0.264 e. The molecule has 2 aromatic rings. The molecule has 0 bridgehead atoms. The van der Waals surface area contributed by atoms with E-state index in [1.165, 1.54) is 16.4 Å². The van der Waals surface area contributed by atoms with Crippen LogP contribution in [0.4, 0.5) is 5.69 Å². The Hall–Kier alpha value is -2.05. The molecule has 1 saturated heterocycles. The van der Waals surface area contributed by atoms with Gasteiger partial charge in [0.1, 0.15) is 6.54 Å². The molecule has 28 heavy (non-hydrogen) atoms. The molecule has 0 aliphatic carbocycles. The second kappa shape index (κ2) is 8.97. The van der Waals surface area contributed by atoms with E-state index in [-0.39, 0.29) is 17.3 Å². The molecule has 1 aliphatic rings. The Morgan fingerprint density at radius 2 is 1.61 bits per heavy atom. The third-order valence-corrected chi connectivity index (χ3v) is 7.05. The molecule has 0 N–H and O–H groups in total. The van der Waals surface area contributed by atoms with Crippen LogP contribution in [0, 0.1) is 6.92 Å². The van der Waals surface area contributed by atoms with Gasteiger partial charge in [0.05, 0.1) is 10.6 Å². The number of hydrogen-bond acceptors (Lipinski definition) is 3. The van der Waals surface area contributed by atoms with Gasteiger partial charge < -0.3 is 4.90 Å². The van der Waals surface area contributed by atoms with Crippen molar-refractivity contribution in [3.05, 3.63) is 59.1 Å². The Kier molecular flexibility index (Phi) is 6.62. The Balaban J connectivity index is 1.97. The number of rotatable bonds is 5. The number of carbonyl (C=O) groups is 1.